The van der Waals surface area contributed by atoms with Crippen LogP contribution in [0.25, 0.3) is 5.69 Å². The van der Waals surface area contributed by atoms with Crippen LogP contribution in [0.4, 0.5) is 5.69 Å². The summed E-state index contributed by atoms with van der Waals surface area (Å²) in [5, 5.41) is 14.1. The molecule has 2 aromatic carbocycles. The third-order valence-corrected chi connectivity index (χ3v) is 4.13. The van der Waals surface area contributed by atoms with E-state index in [9.17, 15) is 4.79 Å². The van der Waals surface area contributed by atoms with Crippen LogP contribution in [0.1, 0.15) is 17.5 Å². The molecule has 1 aromatic heterocycles. The maximum absolute atomic E-state index is 12.3. The summed E-state index contributed by atoms with van der Waals surface area (Å²) in [6, 6.07) is 11.2. The zero-order valence-electron chi connectivity index (χ0n) is 15.5. The Morgan fingerprint density at radius 2 is 1.85 bits per heavy atom. The molecule has 0 unspecified atom stereocenters. The molecule has 140 valence electrons. The second kappa shape index (κ2) is 8.31. The average molecular weight is 367 g/mol. The Kier molecular flexibility index (Phi) is 5.65. The van der Waals surface area contributed by atoms with Gasteiger partial charge in [-0.2, -0.15) is 0 Å². The van der Waals surface area contributed by atoms with Crippen LogP contribution in [-0.4, -0.2) is 40.3 Å². The highest BCUT2D eigenvalue weighted by Crippen LogP contribution is 2.23. The molecule has 0 saturated carbocycles. The Morgan fingerprint density at radius 3 is 2.44 bits per heavy atom. The van der Waals surface area contributed by atoms with E-state index in [2.05, 4.69) is 20.8 Å². The summed E-state index contributed by atoms with van der Waals surface area (Å²) in [6.07, 6.45) is 2.47. The number of aromatic nitrogens is 4. The first-order chi connectivity index (χ1) is 13.1. The molecule has 27 heavy (non-hydrogen) atoms. The molecular formula is C19H21N5O3. The molecule has 1 N–H and O–H groups in total. The van der Waals surface area contributed by atoms with Crippen molar-refractivity contribution in [3.8, 4) is 17.2 Å². The summed E-state index contributed by atoms with van der Waals surface area (Å²) in [4.78, 5) is 12.3. The Morgan fingerprint density at radius 1 is 1.11 bits per heavy atom. The van der Waals surface area contributed by atoms with Gasteiger partial charge in [0.2, 0.25) is 5.91 Å². The summed E-state index contributed by atoms with van der Waals surface area (Å²) >= 11 is 0. The van der Waals surface area contributed by atoms with Crippen molar-refractivity contribution < 1.29 is 14.3 Å². The number of amides is 1. The fourth-order valence-corrected chi connectivity index (χ4v) is 2.75. The lowest BCUT2D eigenvalue weighted by Crippen LogP contribution is -2.13. The van der Waals surface area contributed by atoms with E-state index in [-0.39, 0.29) is 5.91 Å². The highest BCUT2D eigenvalue weighted by atomic mass is 16.5. The van der Waals surface area contributed by atoms with E-state index in [0.717, 1.165) is 22.5 Å². The number of rotatable bonds is 7. The van der Waals surface area contributed by atoms with Gasteiger partial charge in [0.05, 0.1) is 19.9 Å². The van der Waals surface area contributed by atoms with Crippen molar-refractivity contribution in [3.63, 3.8) is 0 Å². The third kappa shape index (κ3) is 4.60. The standard InChI is InChI=1S/C19H21N5O3/c1-13-8-15(5-6-18(13)24-12-20-22-23-24)21-19(25)7-4-14-9-16(26-2)11-17(10-14)27-3/h5-6,8-12H,4,7H2,1-3H3,(H,21,25). The van der Waals surface area contributed by atoms with Crippen LogP contribution in [0, 0.1) is 6.92 Å². The lowest BCUT2D eigenvalue weighted by atomic mass is 10.1. The summed E-state index contributed by atoms with van der Waals surface area (Å²) in [5.74, 6) is 1.35. The number of tetrazole rings is 1. The summed E-state index contributed by atoms with van der Waals surface area (Å²) in [6.45, 7) is 1.94. The smallest absolute Gasteiger partial charge is 0.224 e. The lowest BCUT2D eigenvalue weighted by molar-refractivity contribution is -0.116. The molecule has 0 atom stereocenters. The molecule has 3 aromatic rings. The van der Waals surface area contributed by atoms with Gasteiger partial charge in [-0.3, -0.25) is 4.79 Å². The van der Waals surface area contributed by atoms with E-state index in [1.165, 1.54) is 6.33 Å². The fourth-order valence-electron chi connectivity index (χ4n) is 2.75. The van der Waals surface area contributed by atoms with Gasteiger partial charge in [-0.05, 0) is 65.2 Å². The minimum absolute atomic E-state index is 0.0636. The highest BCUT2D eigenvalue weighted by molar-refractivity contribution is 5.91. The molecule has 1 amide bonds. The Bertz CT molecular complexity index is 903. The first-order valence-corrected chi connectivity index (χ1v) is 8.45. The van der Waals surface area contributed by atoms with E-state index in [0.29, 0.717) is 24.3 Å². The molecule has 0 aliphatic rings. The van der Waals surface area contributed by atoms with Gasteiger partial charge in [0.25, 0.3) is 0 Å². The molecule has 0 spiro atoms. The van der Waals surface area contributed by atoms with Gasteiger partial charge >= 0.3 is 0 Å². The molecule has 0 aliphatic heterocycles. The van der Waals surface area contributed by atoms with E-state index >= 15 is 0 Å². The van der Waals surface area contributed by atoms with Crippen molar-refractivity contribution in [2.24, 2.45) is 0 Å². The molecule has 8 nitrogen and oxygen atoms in total. The van der Waals surface area contributed by atoms with Crippen LogP contribution in [0.5, 0.6) is 11.5 Å². The Hall–Kier alpha value is -3.42. The minimum Gasteiger partial charge on any atom is -0.497 e. The number of carbonyl (C=O) groups is 1. The van der Waals surface area contributed by atoms with Crippen molar-refractivity contribution in [1.29, 1.82) is 0 Å². The molecule has 0 bridgehead atoms. The van der Waals surface area contributed by atoms with Gasteiger partial charge in [-0.25, -0.2) is 4.68 Å². The van der Waals surface area contributed by atoms with Gasteiger partial charge in [0.15, 0.2) is 0 Å². The van der Waals surface area contributed by atoms with E-state index in [1.54, 1.807) is 25.0 Å². The van der Waals surface area contributed by atoms with E-state index in [4.69, 9.17) is 9.47 Å². The summed E-state index contributed by atoms with van der Waals surface area (Å²) < 4.78 is 12.1. The number of nitrogens with zero attached hydrogens (tertiary/aromatic N) is 4. The number of hydrogen-bond acceptors (Lipinski definition) is 6. The first-order valence-electron chi connectivity index (χ1n) is 8.45. The lowest BCUT2D eigenvalue weighted by Gasteiger charge is -2.10. The van der Waals surface area contributed by atoms with Crippen LogP contribution < -0.4 is 14.8 Å². The Labute approximate surface area is 157 Å². The van der Waals surface area contributed by atoms with Crippen molar-refractivity contribution in [2.75, 3.05) is 19.5 Å². The zero-order chi connectivity index (χ0) is 19.2. The zero-order valence-corrected chi connectivity index (χ0v) is 15.5. The van der Waals surface area contributed by atoms with Crippen LogP contribution in [0.15, 0.2) is 42.7 Å². The highest BCUT2D eigenvalue weighted by Gasteiger charge is 2.08. The van der Waals surface area contributed by atoms with E-state index < -0.39 is 0 Å². The summed E-state index contributed by atoms with van der Waals surface area (Å²) in [7, 11) is 3.21. The minimum atomic E-state index is -0.0636. The molecule has 8 heteroatoms. The number of carbonyl (C=O) groups excluding carboxylic acids is 1. The largest absolute Gasteiger partial charge is 0.497 e. The third-order valence-electron chi connectivity index (χ3n) is 4.13. The molecule has 0 radical (unpaired) electrons. The van der Waals surface area contributed by atoms with Gasteiger partial charge < -0.3 is 14.8 Å². The van der Waals surface area contributed by atoms with Crippen molar-refractivity contribution in [1.82, 2.24) is 20.2 Å². The molecule has 0 fully saturated rings. The number of benzene rings is 2. The van der Waals surface area contributed by atoms with Crippen LogP contribution >= 0.6 is 0 Å². The maximum Gasteiger partial charge on any atom is 0.224 e. The van der Waals surface area contributed by atoms with Crippen molar-refractivity contribution in [3.05, 3.63) is 53.9 Å². The second-order valence-electron chi connectivity index (χ2n) is 6.02. The number of anilines is 1. The van der Waals surface area contributed by atoms with Crippen molar-refractivity contribution >= 4 is 11.6 Å². The number of hydrogen-bond donors (Lipinski definition) is 1. The van der Waals surface area contributed by atoms with Gasteiger partial charge in [-0.1, -0.05) is 0 Å². The van der Waals surface area contributed by atoms with Gasteiger partial charge in [0.1, 0.15) is 17.8 Å². The molecule has 0 aliphatic carbocycles. The average Bonchev–Trinajstić information content (AvgIpc) is 3.20. The molecular weight excluding hydrogens is 346 g/mol. The maximum atomic E-state index is 12.3. The first kappa shape index (κ1) is 18.4. The Balaban J connectivity index is 1.62. The topological polar surface area (TPSA) is 91.2 Å². The fraction of sp³-hybridized carbons (Fsp3) is 0.263. The molecule has 0 saturated heterocycles. The monoisotopic (exact) mass is 367 g/mol. The van der Waals surface area contributed by atoms with Gasteiger partial charge in [0, 0.05) is 18.2 Å². The molecule has 1 heterocycles. The number of methoxy groups -OCH3 is 2. The summed E-state index contributed by atoms with van der Waals surface area (Å²) in [5.41, 5.74) is 3.53. The quantitative estimate of drug-likeness (QED) is 0.690. The second-order valence-corrected chi connectivity index (χ2v) is 6.02. The number of ether oxygens (including phenoxy) is 2. The van der Waals surface area contributed by atoms with Crippen LogP contribution in [-0.2, 0) is 11.2 Å². The van der Waals surface area contributed by atoms with Crippen LogP contribution in [0.2, 0.25) is 0 Å². The SMILES string of the molecule is COc1cc(CCC(=O)Nc2ccc(-n3cnnn3)c(C)c2)cc(OC)c1. The van der Waals surface area contributed by atoms with Gasteiger partial charge in [-0.15, -0.1) is 5.10 Å². The predicted octanol–water partition coefficient (Wildman–Crippen LogP) is 2.56. The number of nitrogens with one attached hydrogen (secondary N) is 1. The number of aryl methyl sites for hydroxylation is 2. The predicted molar refractivity (Wildman–Crippen MR) is 100 cm³/mol. The van der Waals surface area contributed by atoms with Crippen molar-refractivity contribution in [2.45, 2.75) is 19.8 Å². The van der Waals surface area contributed by atoms with E-state index in [1.807, 2.05) is 37.3 Å². The molecule has 3 rings (SSSR count). The normalized spacial score (nSPS) is 10.5. The van der Waals surface area contributed by atoms with Crippen LogP contribution in [0.3, 0.4) is 0 Å².